The van der Waals surface area contributed by atoms with Gasteiger partial charge in [-0.2, -0.15) is 0 Å². The minimum absolute atomic E-state index is 0.0238. The molecule has 0 aliphatic rings. The molecule has 3 aromatic rings. The largest absolute Gasteiger partial charge is 0.324 e. The molecule has 2 N–H and O–H groups in total. The first-order valence-electron chi connectivity index (χ1n) is 8.99. The molecule has 0 unspecified atom stereocenters. The summed E-state index contributed by atoms with van der Waals surface area (Å²) in [6.07, 6.45) is 0. The summed E-state index contributed by atoms with van der Waals surface area (Å²) in [5.74, 6) is -0.585. The smallest absolute Gasteiger partial charge is 0.278 e. The standard InChI is InChI=1S/C21H23N5O2/c1-13-9-10-18(15(3)11-13)23-21(28)20-16(4)26(25-24-20)12-19(27)22-17-8-6-5-7-14(17)2/h5-11H,12H2,1-4H3,(H,22,27)(H,23,28). The van der Waals surface area contributed by atoms with E-state index >= 15 is 0 Å². The number of carbonyl (C=O) groups excluding carboxylic acids is 2. The molecule has 0 atom stereocenters. The maximum absolute atomic E-state index is 12.6. The number of nitrogens with one attached hydrogen (secondary N) is 2. The third-order valence-corrected chi connectivity index (χ3v) is 4.54. The van der Waals surface area contributed by atoms with Gasteiger partial charge >= 0.3 is 0 Å². The van der Waals surface area contributed by atoms with Crippen molar-refractivity contribution in [2.24, 2.45) is 0 Å². The van der Waals surface area contributed by atoms with Gasteiger partial charge in [0.05, 0.1) is 5.69 Å². The fourth-order valence-electron chi connectivity index (χ4n) is 2.89. The molecule has 0 saturated heterocycles. The van der Waals surface area contributed by atoms with E-state index in [1.165, 1.54) is 4.68 Å². The molecule has 0 fully saturated rings. The van der Waals surface area contributed by atoms with Crippen LogP contribution in [-0.4, -0.2) is 26.8 Å². The maximum Gasteiger partial charge on any atom is 0.278 e. The number of benzene rings is 2. The Morgan fingerprint density at radius 3 is 2.36 bits per heavy atom. The Bertz CT molecular complexity index is 1040. The van der Waals surface area contributed by atoms with Crippen molar-refractivity contribution in [3.63, 3.8) is 0 Å². The minimum atomic E-state index is -0.352. The van der Waals surface area contributed by atoms with E-state index < -0.39 is 0 Å². The molecule has 0 spiro atoms. The molecule has 0 radical (unpaired) electrons. The highest BCUT2D eigenvalue weighted by molar-refractivity contribution is 6.04. The average molecular weight is 377 g/mol. The third-order valence-electron chi connectivity index (χ3n) is 4.54. The van der Waals surface area contributed by atoms with Gasteiger partial charge in [0.1, 0.15) is 6.54 Å². The maximum atomic E-state index is 12.6. The van der Waals surface area contributed by atoms with Crippen molar-refractivity contribution in [1.82, 2.24) is 15.0 Å². The molecule has 144 valence electrons. The van der Waals surface area contributed by atoms with Crippen LogP contribution in [0.5, 0.6) is 0 Å². The van der Waals surface area contributed by atoms with Crippen LogP contribution >= 0.6 is 0 Å². The van der Waals surface area contributed by atoms with Crippen LogP contribution in [0.2, 0.25) is 0 Å². The van der Waals surface area contributed by atoms with Gasteiger partial charge in [0.25, 0.3) is 5.91 Å². The summed E-state index contributed by atoms with van der Waals surface area (Å²) in [6.45, 7) is 7.55. The van der Waals surface area contributed by atoms with Crippen molar-refractivity contribution in [3.8, 4) is 0 Å². The van der Waals surface area contributed by atoms with Gasteiger partial charge in [-0.25, -0.2) is 4.68 Å². The predicted molar refractivity (Wildman–Crippen MR) is 108 cm³/mol. The Kier molecular flexibility index (Phi) is 5.54. The first-order valence-corrected chi connectivity index (χ1v) is 8.99. The number of hydrogen-bond acceptors (Lipinski definition) is 4. The summed E-state index contributed by atoms with van der Waals surface area (Å²) >= 11 is 0. The van der Waals surface area contributed by atoms with Gasteiger partial charge in [0, 0.05) is 11.4 Å². The molecule has 1 heterocycles. The summed E-state index contributed by atoms with van der Waals surface area (Å²) in [4.78, 5) is 24.9. The second kappa shape index (κ2) is 8.04. The van der Waals surface area contributed by atoms with E-state index in [2.05, 4.69) is 20.9 Å². The number of hydrogen-bond donors (Lipinski definition) is 2. The molecule has 28 heavy (non-hydrogen) atoms. The van der Waals surface area contributed by atoms with Crippen molar-refractivity contribution in [2.45, 2.75) is 34.2 Å². The van der Waals surface area contributed by atoms with Gasteiger partial charge in [-0.1, -0.05) is 41.1 Å². The zero-order valence-electron chi connectivity index (χ0n) is 16.4. The van der Waals surface area contributed by atoms with E-state index in [9.17, 15) is 9.59 Å². The zero-order valence-corrected chi connectivity index (χ0v) is 16.4. The quantitative estimate of drug-likeness (QED) is 0.713. The van der Waals surface area contributed by atoms with E-state index in [0.29, 0.717) is 5.69 Å². The van der Waals surface area contributed by atoms with Gasteiger partial charge in [0.2, 0.25) is 5.91 Å². The summed E-state index contributed by atoms with van der Waals surface area (Å²) in [6, 6.07) is 13.3. The molecule has 7 nitrogen and oxygen atoms in total. The van der Waals surface area contributed by atoms with Crippen LogP contribution in [0.4, 0.5) is 11.4 Å². The summed E-state index contributed by atoms with van der Waals surface area (Å²) in [5, 5.41) is 13.6. The highest BCUT2D eigenvalue weighted by Crippen LogP contribution is 2.18. The number of anilines is 2. The van der Waals surface area contributed by atoms with Crippen molar-refractivity contribution in [2.75, 3.05) is 10.6 Å². The molecule has 7 heteroatoms. The van der Waals surface area contributed by atoms with Gasteiger partial charge < -0.3 is 10.6 Å². The summed E-state index contributed by atoms with van der Waals surface area (Å²) < 4.78 is 1.42. The normalized spacial score (nSPS) is 10.6. The van der Waals surface area contributed by atoms with Crippen LogP contribution in [-0.2, 0) is 11.3 Å². The van der Waals surface area contributed by atoms with Gasteiger partial charge in [-0.3, -0.25) is 9.59 Å². The molecule has 0 aliphatic heterocycles. The lowest BCUT2D eigenvalue weighted by molar-refractivity contribution is -0.117. The summed E-state index contributed by atoms with van der Waals surface area (Å²) in [5.41, 5.74) is 5.26. The molecule has 2 aromatic carbocycles. The molecule has 2 amide bonds. The van der Waals surface area contributed by atoms with E-state index in [0.717, 1.165) is 28.1 Å². The second-order valence-electron chi connectivity index (χ2n) is 6.82. The van der Waals surface area contributed by atoms with E-state index in [1.54, 1.807) is 6.92 Å². The number of aryl methyl sites for hydroxylation is 3. The van der Waals surface area contributed by atoms with Crippen LogP contribution in [0, 0.1) is 27.7 Å². The van der Waals surface area contributed by atoms with Crippen LogP contribution in [0.25, 0.3) is 0 Å². The van der Waals surface area contributed by atoms with E-state index in [4.69, 9.17) is 0 Å². The SMILES string of the molecule is Cc1ccc(NC(=O)c2nnn(CC(=O)Nc3ccccc3C)c2C)c(C)c1. The van der Waals surface area contributed by atoms with E-state index in [-0.39, 0.29) is 24.1 Å². The number of carbonyl (C=O) groups is 2. The second-order valence-corrected chi connectivity index (χ2v) is 6.82. The molecule has 1 aromatic heterocycles. The first-order chi connectivity index (χ1) is 13.3. The molecule has 3 rings (SSSR count). The molecular formula is C21H23N5O2. The van der Waals surface area contributed by atoms with Crippen molar-refractivity contribution in [1.29, 1.82) is 0 Å². The van der Waals surface area contributed by atoms with Crippen molar-refractivity contribution >= 4 is 23.2 Å². The minimum Gasteiger partial charge on any atom is -0.324 e. The van der Waals surface area contributed by atoms with Gasteiger partial charge in [0.15, 0.2) is 5.69 Å². The van der Waals surface area contributed by atoms with Crippen molar-refractivity contribution < 1.29 is 9.59 Å². The number of rotatable bonds is 5. The van der Waals surface area contributed by atoms with Gasteiger partial charge in [-0.15, -0.1) is 5.10 Å². The van der Waals surface area contributed by atoms with Crippen LogP contribution in [0.15, 0.2) is 42.5 Å². The number of aromatic nitrogens is 3. The van der Waals surface area contributed by atoms with E-state index in [1.807, 2.05) is 63.2 Å². The fraction of sp³-hybridized carbons (Fsp3) is 0.238. The Morgan fingerprint density at radius 1 is 0.929 bits per heavy atom. The van der Waals surface area contributed by atoms with Crippen LogP contribution < -0.4 is 10.6 Å². The Hall–Kier alpha value is -3.48. The monoisotopic (exact) mass is 377 g/mol. The molecule has 0 bridgehead atoms. The van der Waals surface area contributed by atoms with Crippen molar-refractivity contribution in [3.05, 3.63) is 70.5 Å². The lowest BCUT2D eigenvalue weighted by atomic mass is 10.1. The van der Waals surface area contributed by atoms with Crippen LogP contribution in [0.3, 0.4) is 0 Å². The zero-order chi connectivity index (χ0) is 20.3. The Morgan fingerprint density at radius 2 is 1.64 bits per heavy atom. The highest BCUT2D eigenvalue weighted by Gasteiger charge is 2.19. The lowest BCUT2D eigenvalue weighted by Gasteiger charge is -2.09. The fourth-order valence-corrected chi connectivity index (χ4v) is 2.89. The number of amides is 2. The third kappa shape index (κ3) is 4.25. The average Bonchev–Trinajstić information content (AvgIpc) is 3.00. The first kappa shape index (κ1) is 19.3. The molecular weight excluding hydrogens is 354 g/mol. The Balaban J connectivity index is 1.70. The predicted octanol–water partition coefficient (Wildman–Crippen LogP) is 3.40. The molecule has 0 saturated carbocycles. The Labute approximate surface area is 163 Å². The van der Waals surface area contributed by atoms with Crippen LogP contribution in [0.1, 0.15) is 32.9 Å². The van der Waals surface area contributed by atoms with Gasteiger partial charge in [-0.05, 0) is 51.0 Å². The highest BCUT2D eigenvalue weighted by atomic mass is 16.2. The molecule has 0 aliphatic carbocycles. The number of nitrogens with zero attached hydrogens (tertiary/aromatic N) is 3. The number of para-hydroxylation sites is 1. The topological polar surface area (TPSA) is 88.9 Å². The lowest BCUT2D eigenvalue weighted by Crippen LogP contribution is -2.21. The summed E-state index contributed by atoms with van der Waals surface area (Å²) in [7, 11) is 0.